The second-order valence-corrected chi connectivity index (χ2v) is 5.40. The van der Waals surface area contributed by atoms with E-state index >= 15 is 0 Å². The second-order valence-electron chi connectivity index (χ2n) is 5.40. The van der Waals surface area contributed by atoms with Crippen molar-refractivity contribution in [3.8, 4) is 5.75 Å². The van der Waals surface area contributed by atoms with Crippen molar-refractivity contribution >= 4 is 0 Å². The molecule has 0 amide bonds. The minimum Gasteiger partial charge on any atom is -0.491 e. The Morgan fingerprint density at radius 2 is 1.86 bits per heavy atom. The minimum atomic E-state index is 0.0462. The summed E-state index contributed by atoms with van der Waals surface area (Å²) in [6.45, 7) is 9.09. The van der Waals surface area contributed by atoms with E-state index in [9.17, 15) is 0 Å². The van der Waals surface area contributed by atoms with Crippen LogP contribution in [-0.2, 0) is 0 Å². The lowest BCUT2D eigenvalue weighted by Crippen LogP contribution is -2.24. The van der Waals surface area contributed by atoms with Gasteiger partial charge in [-0.25, -0.2) is 0 Å². The highest BCUT2D eigenvalue weighted by molar-refractivity contribution is 5.40. The van der Waals surface area contributed by atoms with Gasteiger partial charge in [-0.2, -0.15) is 0 Å². The zero-order valence-corrected chi connectivity index (χ0v) is 13.3. The van der Waals surface area contributed by atoms with Gasteiger partial charge in [0.1, 0.15) is 5.75 Å². The topological polar surface area (TPSA) is 34.2 Å². The smallest absolute Gasteiger partial charge is 0.124 e. The quantitative estimate of drug-likeness (QED) is 0.874. The van der Waals surface area contributed by atoms with Crippen LogP contribution in [0.3, 0.4) is 0 Å². The van der Waals surface area contributed by atoms with Gasteiger partial charge in [0.2, 0.25) is 0 Å². The Kier molecular flexibility index (Phi) is 5.34. The number of hydrogen-bond donors (Lipinski definition) is 1. The molecular formula is C18H24N2O. The lowest BCUT2D eigenvalue weighted by Gasteiger charge is -2.22. The summed E-state index contributed by atoms with van der Waals surface area (Å²) in [5.74, 6) is 0.918. The van der Waals surface area contributed by atoms with Crippen LogP contribution in [0.2, 0.25) is 0 Å². The monoisotopic (exact) mass is 284 g/mol. The van der Waals surface area contributed by atoms with E-state index in [2.05, 4.69) is 29.4 Å². The Hall–Kier alpha value is -1.87. The zero-order valence-electron chi connectivity index (χ0n) is 13.3. The third kappa shape index (κ3) is 4.05. The van der Waals surface area contributed by atoms with E-state index in [1.807, 2.05) is 51.1 Å². The molecule has 1 aromatic heterocycles. The van der Waals surface area contributed by atoms with Crippen molar-refractivity contribution in [1.29, 1.82) is 0 Å². The third-order valence-corrected chi connectivity index (χ3v) is 3.21. The Bertz CT molecular complexity index is 581. The first-order chi connectivity index (χ1) is 10.1. The maximum Gasteiger partial charge on any atom is 0.124 e. The van der Waals surface area contributed by atoms with E-state index in [0.717, 1.165) is 29.2 Å². The van der Waals surface area contributed by atoms with Crippen molar-refractivity contribution < 1.29 is 4.74 Å². The van der Waals surface area contributed by atoms with E-state index in [-0.39, 0.29) is 12.1 Å². The molecule has 2 rings (SSSR count). The summed E-state index contributed by atoms with van der Waals surface area (Å²) in [5.41, 5.74) is 3.18. The lowest BCUT2D eigenvalue weighted by atomic mass is 10.0. The largest absolute Gasteiger partial charge is 0.491 e. The number of ether oxygens (including phenoxy) is 1. The first-order valence-corrected chi connectivity index (χ1v) is 7.54. The van der Waals surface area contributed by atoms with Crippen LogP contribution in [-0.4, -0.2) is 17.6 Å². The molecule has 0 aliphatic rings. The van der Waals surface area contributed by atoms with Crippen LogP contribution in [0.5, 0.6) is 5.75 Å². The molecule has 0 aliphatic heterocycles. The van der Waals surface area contributed by atoms with Crippen LogP contribution >= 0.6 is 0 Å². The van der Waals surface area contributed by atoms with E-state index in [0.29, 0.717) is 0 Å². The van der Waals surface area contributed by atoms with Crippen LogP contribution < -0.4 is 10.1 Å². The fraction of sp³-hybridized carbons (Fsp3) is 0.389. The van der Waals surface area contributed by atoms with Gasteiger partial charge >= 0.3 is 0 Å². The first-order valence-electron chi connectivity index (χ1n) is 7.54. The summed E-state index contributed by atoms with van der Waals surface area (Å²) in [6, 6.07) is 14.4. The van der Waals surface area contributed by atoms with E-state index in [1.165, 1.54) is 0 Å². The Morgan fingerprint density at radius 3 is 2.52 bits per heavy atom. The molecule has 0 saturated carbocycles. The molecule has 1 unspecified atom stereocenters. The number of aromatic nitrogens is 1. The molecule has 0 radical (unpaired) electrons. The summed E-state index contributed by atoms with van der Waals surface area (Å²) < 4.78 is 5.96. The maximum absolute atomic E-state index is 5.96. The molecule has 112 valence electrons. The van der Waals surface area contributed by atoms with Crippen LogP contribution in [0.1, 0.15) is 43.8 Å². The summed E-state index contributed by atoms with van der Waals surface area (Å²) >= 11 is 0. The second kappa shape index (κ2) is 7.23. The molecule has 0 fully saturated rings. The molecule has 3 heteroatoms. The fourth-order valence-electron chi connectivity index (χ4n) is 2.38. The minimum absolute atomic E-state index is 0.0462. The number of benzene rings is 1. The van der Waals surface area contributed by atoms with E-state index in [4.69, 9.17) is 4.74 Å². The average Bonchev–Trinajstić information content (AvgIpc) is 2.45. The molecule has 0 saturated heterocycles. The summed E-state index contributed by atoms with van der Waals surface area (Å²) in [6.07, 6.45) is 0.152. The van der Waals surface area contributed by atoms with Crippen molar-refractivity contribution in [3.05, 3.63) is 59.4 Å². The van der Waals surface area contributed by atoms with Crippen LogP contribution in [0.4, 0.5) is 0 Å². The van der Waals surface area contributed by atoms with Crippen LogP contribution in [0.25, 0.3) is 0 Å². The van der Waals surface area contributed by atoms with Gasteiger partial charge in [-0.3, -0.25) is 4.98 Å². The summed E-state index contributed by atoms with van der Waals surface area (Å²) in [5, 5.41) is 3.51. The molecular weight excluding hydrogens is 260 g/mol. The van der Waals surface area contributed by atoms with E-state index in [1.54, 1.807) is 0 Å². The number of nitrogens with zero attached hydrogens (tertiary/aromatic N) is 1. The van der Waals surface area contributed by atoms with Gasteiger partial charge in [0.25, 0.3) is 0 Å². The van der Waals surface area contributed by atoms with Gasteiger partial charge in [-0.15, -0.1) is 0 Å². The molecule has 1 N–H and O–H groups in total. The number of hydrogen-bond acceptors (Lipinski definition) is 3. The highest BCUT2D eigenvalue weighted by Gasteiger charge is 2.19. The van der Waals surface area contributed by atoms with Crippen LogP contribution in [0, 0.1) is 6.92 Å². The van der Waals surface area contributed by atoms with Gasteiger partial charge in [-0.05, 0) is 45.5 Å². The van der Waals surface area contributed by atoms with Gasteiger partial charge < -0.3 is 10.1 Å². The first kappa shape index (κ1) is 15.5. The Morgan fingerprint density at radius 1 is 1.10 bits per heavy atom. The van der Waals surface area contributed by atoms with Crippen LogP contribution in [0.15, 0.2) is 42.5 Å². The van der Waals surface area contributed by atoms with Crippen molar-refractivity contribution in [3.63, 3.8) is 0 Å². The maximum atomic E-state index is 5.96. The third-order valence-electron chi connectivity index (χ3n) is 3.21. The van der Waals surface area contributed by atoms with Crippen molar-refractivity contribution in [2.24, 2.45) is 0 Å². The SMILES string of the molecule is CCNC(c1cccc(C)n1)c1ccccc1OC(C)C. The van der Waals surface area contributed by atoms with E-state index < -0.39 is 0 Å². The number of nitrogens with one attached hydrogen (secondary N) is 1. The van der Waals surface area contributed by atoms with Crippen molar-refractivity contribution in [1.82, 2.24) is 10.3 Å². The van der Waals surface area contributed by atoms with Gasteiger partial charge in [0.15, 0.2) is 0 Å². The summed E-state index contributed by atoms with van der Waals surface area (Å²) in [4.78, 5) is 4.67. The molecule has 0 aliphatic carbocycles. The molecule has 1 aromatic carbocycles. The van der Waals surface area contributed by atoms with Crippen molar-refractivity contribution in [2.45, 2.75) is 39.8 Å². The molecule has 0 bridgehead atoms. The standard InChI is InChI=1S/C18H24N2O/c1-5-19-18(16-11-8-9-14(4)20-16)15-10-6-7-12-17(15)21-13(2)3/h6-13,18-19H,5H2,1-4H3. The molecule has 1 atom stereocenters. The Balaban J connectivity index is 2.43. The number of rotatable bonds is 6. The molecule has 1 heterocycles. The average molecular weight is 284 g/mol. The lowest BCUT2D eigenvalue weighted by molar-refractivity contribution is 0.238. The van der Waals surface area contributed by atoms with Gasteiger partial charge in [-0.1, -0.05) is 31.2 Å². The number of aryl methyl sites for hydroxylation is 1. The van der Waals surface area contributed by atoms with Gasteiger partial charge in [0.05, 0.1) is 17.8 Å². The number of pyridine rings is 1. The summed E-state index contributed by atoms with van der Waals surface area (Å²) in [7, 11) is 0. The normalized spacial score (nSPS) is 12.4. The predicted molar refractivity (Wildman–Crippen MR) is 86.7 cm³/mol. The molecule has 0 spiro atoms. The van der Waals surface area contributed by atoms with Crippen molar-refractivity contribution in [2.75, 3.05) is 6.54 Å². The highest BCUT2D eigenvalue weighted by atomic mass is 16.5. The number of para-hydroxylation sites is 1. The molecule has 3 nitrogen and oxygen atoms in total. The Labute approximate surface area is 127 Å². The predicted octanol–water partition coefficient (Wildman–Crippen LogP) is 3.88. The van der Waals surface area contributed by atoms with Gasteiger partial charge in [0, 0.05) is 11.3 Å². The highest BCUT2D eigenvalue weighted by Crippen LogP contribution is 2.29. The fourth-order valence-corrected chi connectivity index (χ4v) is 2.38. The molecule has 2 aromatic rings. The molecule has 21 heavy (non-hydrogen) atoms. The zero-order chi connectivity index (χ0) is 15.2.